The molecule has 31 heavy (non-hydrogen) atoms. The van der Waals surface area contributed by atoms with Gasteiger partial charge in [0.15, 0.2) is 0 Å². The third kappa shape index (κ3) is 4.63. The third-order valence-electron chi connectivity index (χ3n) is 5.79. The molecule has 2 aromatic rings. The highest BCUT2D eigenvalue weighted by molar-refractivity contribution is 6.46. The van der Waals surface area contributed by atoms with Crippen molar-refractivity contribution in [1.82, 2.24) is 9.88 Å². The molecule has 0 aliphatic carbocycles. The topological polar surface area (TPSA) is 84.2 Å². The van der Waals surface area contributed by atoms with E-state index in [0.29, 0.717) is 22.7 Å². The molecular weight excluding hydrogens is 418 g/mol. The zero-order chi connectivity index (χ0) is 21.8. The number of nitrogens with one attached hydrogen (secondary N) is 1. The molecule has 0 bridgehead atoms. The Morgan fingerprint density at radius 1 is 1.19 bits per heavy atom. The molecule has 1 atom stereocenters. The van der Waals surface area contributed by atoms with E-state index < -0.39 is 17.7 Å². The SMILES string of the molecule is O=C1C(=O)N(CCC[NH+]2CCOCC2)C(c2cccnc2)C1=C(O)c1ccc(Cl)cc1. The average Bonchev–Trinajstić information content (AvgIpc) is 3.05. The summed E-state index contributed by atoms with van der Waals surface area (Å²) < 4.78 is 5.40. The summed E-state index contributed by atoms with van der Waals surface area (Å²) in [6.07, 6.45) is 4.02. The highest BCUT2D eigenvalue weighted by atomic mass is 35.5. The summed E-state index contributed by atoms with van der Waals surface area (Å²) >= 11 is 5.95. The molecule has 2 fully saturated rings. The first-order valence-corrected chi connectivity index (χ1v) is 10.8. The number of hydrogen-bond donors (Lipinski definition) is 2. The predicted octanol–water partition coefficient (Wildman–Crippen LogP) is 1.46. The van der Waals surface area contributed by atoms with Crippen molar-refractivity contribution in [2.75, 3.05) is 39.4 Å². The fourth-order valence-corrected chi connectivity index (χ4v) is 4.29. The molecule has 4 rings (SSSR count). The van der Waals surface area contributed by atoms with Crippen LogP contribution in [0.1, 0.15) is 23.6 Å². The Kier molecular flexibility index (Phi) is 6.65. The Hall–Kier alpha value is -2.74. The molecule has 0 spiro atoms. The first-order chi connectivity index (χ1) is 15.1. The van der Waals surface area contributed by atoms with E-state index in [9.17, 15) is 14.7 Å². The van der Waals surface area contributed by atoms with Crippen LogP contribution in [0.25, 0.3) is 5.76 Å². The summed E-state index contributed by atoms with van der Waals surface area (Å²) in [5.74, 6) is -1.48. The van der Waals surface area contributed by atoms with E-state index in [1.54, 1.807) is 47.6 Å². The van der Waals surface area contributed by atoms with Crippen LogP contribution >= 0.6 is 11.6 Å². The van der Waals surface area contributed by atoms with Gasteiger partial charge in [-0.1, -0.05) is 17.7 Å². The second-order valence-corrected chi connectivity index (χ2v) is 8.19. The molecule has 1 unspecified atom stereocenters. The van der Waals surface area contributed by atoms with Gasteiger partial charge in [-0.15, -0.1) is 0 Å². The third-order valence-corrected chi connectivity index (χ3v) is 6.04. The second-order valence-electron chi connectivity index (χ2n) is 7.75. The van der Waals surface area contributed by atoms with Gasteiger partial charge in [-0.2, -0.15) is 0 Å². The highest BCUT2D eigenvalue weighted by Gasteiger charge is 2.46. The number of benzene rings is 1. The molecule has 0 radical (unpaired) electrons. The summed E-state index contributed by atoms with van der Waals surface area (Å²) in [5, 5.41) is 11.5. The number of ketones is 1. The quantitative estimate of drug-likeness (QED) is 0.402. The number of aromatic nitrogens is 1. The number of aliphatic hydroxyl groups is 1. The van der Waals surface area contributed by atoms with E-state index >= 15 is 0 Å². The van der Waals surface area contributed by atoms with Crippen molar-refractivity contribution in [3.05, 3.63) is 70.5 Å². The molecule has 2 saturated heterocycles. The van der Waals surface area contributed by atoms with Gasteiger partial charge < -0.3 is 19.6 Å². The number of pyridine rings is 1. The van der Waals surface area contributed by atoms with Crippen LogP contribution in [-0.2, 0) is 14.3 Å². The molecule has 1 aromatic heterocycles. The van der Waals surface area contributed by atoms with Gasteiger partial charge >= 0.3 is 0 Å². The minimum atomic E-state index is -0.681. The van der Waals surface area contributed by atoms with Crippen molar-refractivity contribution in [3.8, 4) is 0 Å². The molecule has 1 amide bonds. The van der Waals surface area contributed by atoms with Crippen molar-refractivity contribution < 1.29 is 24.3 Å². The van der Waals surface area contributed by atoms with Crippen LogP contribution in [0, 0.1) is 0 Å². The maximum absolute atomic E-state index is 13.0. The predicted molar refractivity (Wildman–Crippen MR) is 116 cm³/mol. The Labute approximate surface area is 185 Å². The van der Waals surface area contributed by atoms with Crippen LogP contribution in [0.5, 0.6) is 0 Å². The fraction of sp³-hybridized carbons (Fsp3) is 0.348. The van der Waals surface area contributed by atoms with Crippen molar-refractivity contribution >= 4 is 29.1 Å². The number of halogens is 1. The molecule has 8 heteroatoms. The van der Waals surface area contributed by atoms with E-state index in [-0.39, 0.29) is 11.3 Å². The summed E-state index contributed by atoms with van der Waals surface area (Å²) in [6.45, 7) is 4.70. The number of hydrogen-bond acceptors (Lipinski definition) is 5. The fourth-order valence-electron chi connectivity index (χ4n) is 4.17. The van der Waals surface area contributed by atoms with Crippen LogP contribution < -0.4 is 4.90 Å². The Bertz CT molecular complexity index is 972. The summed E-state index contributed by atoms with van der Waals surface area (Å²) in [4.78, 5) is 33.0. The van der Waals surface area contributed by atoms with E-state index in [2.05, 4.69) is 4.98 Å². The Morgan fingerprint density at radius 2 is 1.94 bits per heavy atom. The van der Waals surface area contributed by atoms with Crippen LogP contribution in [0.15, 0.2) is 54.4 Å². The van der Waals surface area contributed by atoms with Gasteiger partial charge in [0.2, 0.25) is 0 Å². The molecule has 0 saturated carbocycles. The summed E-state index contributed by atoms with van der Waals surface area (Å²) in [6, 6.07) is 9.44. The number of nitrogens with zero attached hydrogens (tertiary/aromatic N) is 2. The number of likely N-dealkylation sites (tertiary alicyclic amines) is 1. The summed E-state index contributed by atoms with van der Waals surface area (Å²) in [5.41, 5.74) is 1.21. The Morgan fingerprint density at radius 3 is 2.61 bits per heavy atom. The van der Waals surface area contributed by atoms with Gasteiger partial charge in [0.25, 0.3) is 11.7 Å². The van der Waals surface area contributed by atoms with Crippen LogP contribution in [-0.4, -0.2) is 66.1 Å². The molecule has 2 aliphatic rings. The number of amides is 1. The van der Waals surface area contributed by atoms with Gasteiger partial charge in [0, 0.05) is 35.9 Å². The summed E-state index contributed by atoms with van der Waals surface area (Å²) in [7, 11) is 0. The van der Waals surface area contributed by atoms with Gasteiger partial charge in [0.05, 0.1) is 31.4 Å². The molecule has 162 valence electrons. The van der Waals surface area contributed by atoms with E-state index in [4.69, 9.17) is 16.3 Å². The van der Waals surface area contributed by atoms with Crippen molar-refractivity contribution in [2.24, 2.45) is 0 Å². The number of morpholine rings is 1. The number of rotatable bonds is 6. The lowest BCUT2D eigenvalue weighted by atomic mass is 9.96. The van der Waals surface area contributed by atoms with Crippen LogP contribution in [0.2, 0.25) is 5.02 Å². The number of carbonyl (C=O) groups is 2. The largest absolute Gasteiger partial charge is 0.507 e. The number of quaternary nitrogens is 1. The van der Waals surface area contributed by atoms with Crippen molar-refractivity contribution in [2.45, 2.75) is 12.5 Å². The standard InChI is InChI=1S/C23H24ClN3O4/c24-18-6-4-16(5-7-18)21(28)19-20(17-3-1-8-25-15-17)27(23(30)22(19)29)10-2-9-26-11-13-31-14-12-26/h1,3-8,15,20,28H,2,9-14H2/p+1. The van der Waals surface area contributed by atoms with E-state index in [0.717, 1.165) is 39.3 Å². The van der Waals surface area contributed by atoms with Gasteiger partial charge in [-0.05, 0) is 35.9 Å². The molecular formula is C23H25ClN3O4+. The number of aliphatic hydroxyl groups excluding tert-OH is 1. The molecule has 7 nitrogen and oxygen atoms in total. The van der Waals surface area contributed by atoms with Gasteiger partial charge in [-0.3, -0.25) is 14.6 Å². The van der Waals surface area contributed by atoms with Gasteiger partial charge in [-0.25, -0.2) is 0 Å². The Balaban J connectivity index is 1.64. The second kappa shape index (κ2) is 9.60. The average molecular weight is 443 g/mol. The first-order valence-electron chi connectivity index (χ1n) is 10.4. The minimum absolute atomic E-state index is 0.0824. The normalized spacial score (nSPS) is 21.6. The maximum atomic E-state index is 13.0. The smallest absolute Gasteiger partial charge is 0.295 e. The van der Waals surface area contributed by atoms with Crippen LogP contribution in [0.3, 0.4) is 0 Å². The van der Waals surface area contributed by atoms with E-state index in [1.807, 2.05) is 6.07 Å². The lowest BCUT2D eigenvalue weighted by molar-refractivity contribution is -0.908. The van der Waals surface area contributed by atoms with Crippen LogP contribution in [0.4, 0.5) is 0 Å². The monoisotopic (exact) mass is 442 g/mol. The first kappa shape index (κ1) is 21.5. The van der Waals surface area contributed by atoms with Gasteiger partial charge in [0.1, 0.15) is 18.8 Å². The lowest BCUT2D eigenvalue weighted by Gasteiger charge is -2.27. The number of carbonyl (C=O) groups excluding carboxylic acids is 2. The zero-order valence-corrected chi connectivity index (χ0v) is 17.8. The highest BCUT2D eigenvalue weighted by Crippen LogP contribution is 2.39. The maximum Gasteiger partial charge on any atom is 0.295 e. The molecule has 1 aromatic carbocycles. The van der Waals surface area contributed by atoms with Crippen molar-refractivity contribution in [3.63, 3.8) is 0 Å². The molecule has 2 aliphatic heterocycles. The molecule has 2 N–H and O–H groups in total. The number of ether oxygens (including phenoxy) is 1. The van der Waals surface area contributed by atoms with E-state index in [1.165, 1.54) is 4.90 Å². The minimum Gasteiger partial charge on any atom is -0.507 e. The van der Waals surface area contributed by atoms with Crippen molar-refractivity contribution in [1.29, 1.82) is 0 Å². The number of Topliss-reactive ketones (excluding diaryl/α,β-unsaturated/α-hetero) is 1. The lowest BCUT2D eigenvalue weighted by Crippen LogP contribution is -3.14. The zero-order valence-electron chi connectivity index (χ0n) is 17.1. The molecule has 3 heterocycles.